The van der Waals surface area contributed by atoms with Crippen molar-refractivity contribution >= 4 is 22.7 Å². The second-order valence-corrected chi connectivity index (χ2v) is 9.41. The average Bonchev–Trinajstić information content (AvgIpc) is 3.49. The highest BCUT2D eigenvalue weighted by atomic mass is 32.2. The summed E-state index contributed by atoms with van der Waals surface area (Å²) in [6.45, 7) is 0.652. The number of fused-ring (bicyclic) bond motifs is 2. The molecule has 0 amide bonds. The van der Waals surface area contributed by atoms with Gasteiger partial charge in [0.1, 0.15) is 5.58 Å². The van der Waals surface area contributed by atoms with Gasteiger partial charge in [0.25, 0.3) is 0 Å². The molecule has 1 aliphatic carbocycles. The Morgan fingerprint density at radius 3 is 2.56 bits per heavy atom. The number of thioether (sulfide) groups is 1. The highest BCUT2D eigenvalue weighted by Crippen LogP contribution is 2.32. The quantitative estimate of drug-likeness (QED) is 0.251. The molecule has 5 aromatic rings. The van der Waals surface area contributed by atoms with Crippen LogP contribution in [0.5, 0.6) is 0 Å². The summed E-state index contributed by atoms with van der Waals surface area (Å²) >= 11 is 1.58. The molecule has 0 atom stereocenters. The monoisotopic (exact) mass is 466 g/mol. The third kappa shape index (κ3) is 4.03. The number of aryl methyl sites for hydroxylation is 2. The summed E-state index contributed by atoms with van der Waals surface area (Å²) in [5.41, 5.74) is 6.11. The lowest BCUT2D eigenvalue weighted by atomic mass is 10.0. The lowest BCUT2D eigenvalue weighted by Crippen LogP contribution is -2.05. The first-order valence-corrected chi connectivity index (χ1v) is 12.3. The minimum atomic E-state index is -0.315. The van der Waals surface area contributed by atoms with E-state index >= 15 is 0 Å². The molecule has 0 aliphatic heterocycles. The number of rotatable bonds is 6. The molecule has 34 heavy (non-hydrogen) atoms. The number of benzene rings is 2. The van der Waals surface area contributed by atoms with E-state index in [2.05, 4.69) is 37.9 Å². The molecule has 0 saturated heterocycles. The Bertz CT molecular complexity index is 1530. The van der Waals surface area contributed by atoms with Gasteiger partial charge in [-0.25, -0.2) is 4.79 Å². The van der Waals surface area contributed by atoms with E-state index in [1.54, 1.807) is 30.2 Å². The zero-order valence-corrected chi connectivity index (χ0v) is 19.3. The van der Waals surface area contributed by atoms with Gasteiger partial charge in [-0.1, -0.05) is 42.1 Å². The van der Waals surface area contributed by atoms with Gasteiger partial charge >= 0.3 is 5.63 Å². The van der Waals surface area contributed by atoms with Crippen LogP contribution in [0.3, 0.4) is 0 Å². The van der Waals surface area contributed by atoms with Gasteiger partial charge in [0.15, 0.2) is 11.0 Å². The van der Waals surface area contributed by atoms with Gasteiger partial charge in [-0.3, -0.25) is 9.55 Å². The van der Waals surface area contributed by atoms with E-state index in [4.69, 9.17) is 4.42 Å². The van der Waals surface area contributed by atoms with Crippen LogP contribution >= 0.6 is 11.8 Å². The van der Waals surface area contributed by atoms with Crippen LogP contribution in [-0.2, 0) is 25.1 Å². The highest BCUT2D eigenvalue weighted by molar-refractivity contribution is 7.98. The van der Waals surface area contributed by atoms with Crippen LogP contribution in [0.1, 0.15) is 28.7 Å². The van der Waals surface area contributed by atoms with Gasteiger partial charge < -0.3 is 4.42 Å². The van der Waals surface area contributed by atoms with Gasteiger partial charge in [-0.15, -0.1) is 10.2 Å². The summed E-state index contributed by atoms with van der Waals surface area (Å²) in [5, 5.41) is 10.8. The number of nitrogens with zero attached hydrogens (tertiary/aromatic N) is 4. The molecule has 6 nitrogen and oxygen atoms in total. The second kappa shape index (κ2) is 8.91. The molecule has 3 aromatic heterocycles. The van der Waals surface area contributed by atoms with E-state index in [-0.39, 0.29) is 5.63 Å². The predicted molar refractivity (Wildman–Crippen MR) is 133 cm³/mol. The summed E-state index contributed by atoms with van der Waals surface area (Å²) < 4.78 is 7.67. The largest absolute Gasteiger partial charge is 0.423 e. The number of aromatic nitrogens is 4. The third-order valence-corrected chi connectivity index (χ3v) is 7.25. The van der Waals surface area contributed by atoms with E-state index < -0.39 is 0 Å². The van der Waals surface area contributed by atoms with Crippen molar-refractivity contribution in [3.8, 4) is 11.4 Å². The van der Waals surface area contributed by atoms with Crippen LogP contribution in [0, 0.1) is 0 Å². The molecule has 6 rings (SSSR count). The normalized spacial score (nSPS) is 12.8. The maximum Gasteiger partial charge on any atom is 0.336 e. The lowest BCUT2D eigenvalue weighted by molar-refractivity contribution is 0.559. The molecule has 0 radical (unpaired) electrons. The van der Waals surface area contributed by atoms with Gasteiger partial charge in [0.2, 0.25) is 0 Å². The van der Waals surface area contributed by atoms with Crippen LogP contribution in [0.4, 0.5) is 0 Å². The molecular weight excluding hydrogens is 444 g/mol. The predicted octanol–water partition coefficient (Wildman–Crippen LogP) is 5.28. The minimum absolute atomic E-state index is 0.315. The Hall–Kier alpha value is -3.71. The van der Waals surface area contributed by atoms with E-state index in [0.29, 0.717) is 17.9 Å². The zero-order chi connectivity index (χ0) is 22.9. The summed E-state index contributed by atoms with van der Waals surface area (Å²) in [4.78, 5) is 16.4. The van der Waals surface area contributed by atoms with Crippen LogP contribution in [0.2, 0.25) is 0 Å². The van der Waals surface area contributed by atoms with E-state index in [1.807, 2.05) is 36.4 Å². The van der Waals surface area contributed by atoms with Crippen molar-refractivity contribution < 1.29 is 4.42 Å². The Morgan fingerprint density at radius 2 is 1.74 bits per heavy atom. The molecule has 0 N–H and O–H groups in total. The standard InChI is InChI=1S/C27H22N4O2S/c32-25-15-22(23-13-20-7-4-8-21(20)14-24(23)33-25)17-34-27-30-29-26(19-9-11-28-12-10-19)31(27)16-18-5-2-1-3-6-18/h1-3,5-6,9-15H,4,7-8,16-17H2. The Labute approximate surface area is 200 Å². The fourth-order valence-electron chi connectivity index (χ4n) is 4.57. The number of hydrogen-bond acceptors (Lipinski definition) is 6. The molecule has 0 spiro atoms. The zero-order valence-electron chi connectivity index (χ0n) is 18.5. The lowest BCUT2D eigenvalue weighted by Gasteiger charge is -2.11. The van der Waals surface area contributed by atoms with Crippen molar-refractivity contribution in [2.75, 3.05) is 0 Å². The Morgan fingerprint density at radius 1 is 0.941 bits per heavy atom. The molecule has 0 unspecified atom stereocenters. The molecular formula is C27H22N4O2S. The van der Waals surface area contributed by atoms with E-state index in [9.17, 15) is 4.79 Å². The molecule has 0 saturated carbocycles. The van der Waals surface area contributed by atoms with Crippen molar-refractivity contribution in [3.63, 3.8) is 0 Å². The van der Waals surface area contributed by atoms with Crippen LogP contribution < -0.4 is 5.63 Å². The first kappa shape index (κ1) is 20.9. The summed E-state index contributed by atoms with van der Waals surface area (Å²) in [7, 11) is 0. The molecule has 0 bridgehead atoms. The van der Waals surface area contributed by atoms with Gasteiger partial charge in [0, 0.05) is 35.2 Å². The van der Waals surface area contributed by atoms with Crippen LogP contribution in [0.25, 0.3) is 22.4 Å². The van der Waals surface area contributed by atoms with Crippen molar-refractivity contribution in [1.82, 2.24) is 19.7 Å². The smallest absolute Gasteiger partial charge is 0.336 e. The maximum atomic E-state index is 12.3. The first-order valence-electron chi connectivity index (χ1n) is 11.3. The van der Waals surface area contributed by atoms with E-state index in [0.717, 1.165) is 46.8 Å². The second-order valence-electron chi connectivity index (χ2n) is 8.46. The maximum absolute atomic E-state index is 12.3. The van der Waals surface area contributed by atoms with Gasteiger partial charge in [-0.2, -0.15) is 0 Å². The van der Waals surface area contributed by atoms with Crippen LogP contribution in [0.15, 0.2) is 87.4 Å². The fourth-order valence-corrected chi connectivity index (χ4v) is 5.50. The molecule has 2 aromatic carbocycles. The Kier molecular flexibility index (Phi) is 5.47. The van der Waals surface area contributed by atoms with Crippen molar-refractivity contribution in [1.29, 1.82) is 0 Å². The first-order chi connectivity index (χ1) is 16.7. The summed E-state index contributed by atoms with van der Waals surface area (Å²) in [5.74, 6) is 1.40. The van der Waals surface area contributed by atoms with E-state index in [1.165, 1.54) is 16.7 Å². The molecule has 0 fully saturated rings. The Balaban J connectivity index is 1.37. The minimum Gasteiger partial charge on any atom is -0.423 e. The fraction of sp³-hybridized carbons (Fsp3) is 0.185. The van der Waals surface area contributed by atoms with Crippen molar-refractivity contribution in [3.05, 3.63) is 106 Å². The number of pyridine rings is 1. The number of hydrogen-bond donors (Lipinski definition) is 0. The summed E-state index contributed by atoms with van der Waals surface area (Å²) in [6.07, 6.45) is 6.81. The molecule has 7 heteroatoms. The highest BCUT2D eigenvalue weighted by Gasteiger charge is 2.18. The summed E-state index contributed by atoms with van der Waals surface area (Å²) in [6, 6.07) is 20.0. The molecule has 1 aliphatic rings. The van der Waals surface area contributed by atoms with Crippen molar-refractivity contribution in [2.45, 2.75) is 36.7 Å². The average molecular weight is 467 g/mol. The molecule has 3 heterocycles. The third-order valence-electron chi connectivity index (χ3n) is 6.24. The van der Waals surface area contributed by atoms with Gasteiger partial charge in [-0.05, 0) is 65.8 Å². The SMILES string of the molecule is O=c1cc(CSc2nnc(-c3ccncc3)n2Cc2ccccc2)c2cc3c(cc2o1)CCC3. The van der Waals surface area contributed by atoms with Crippen molar-refractivity contribution in [2.24, 2.45) is 0 Å². The molecule has 168 valence electrons. The topological polar surface area (TPSA) is 73.8 Å². The van der Waals surface area contributed by atoms with Gasteiger partial charge in [0.05, 0.1) is 6.54 Å². The van der Waals surface area contributed by atoms with Crippen LogP contribution in [-0.4, -0.2) is 19.7 Å².